The van der Waals surface area contributed by atoms with E-state index in [0.29, 0.717) is 11.5 Å². The van der Waals surface area contributed by atoms with Crippen molar-refractivity contribution in [2.24, 2.45) is 5.41 Å². The highest BCUT2D eigenvalue weighted by atomic mass is 79.9. The van der Waals surface area contributed by atoms with E-state index in [9.17, 15) is 0 Å². The number of halogens is 1. The van der Waals surface area contributed by atoms with Gasteiger partial charge in [-0.1, -0.05) is 29.8 Å². The van der Waals surface area contributed by atoms with Crippen LogP contribution in [0.15, 0.2) is 0 Å². The van der Waals surface area contributed by atoms with Gasteiger partial charge in [-0.3, -0.25) is 0 Å². The number of rotatable bonds is 6. The van der Waals surface area contributed by atoms with Crippen LogP contribution in [0.3, 0.4) is 0 Å². The second kappa shape index (κ2) is 6.21. The molecular formula is C12H24BrNO. The quantitative estimate of drug-likeness (QED) is 0.693. The van der Waals surface area contributed by atoms with Gasteiger partial charge in [0.25, 0.3) is 0 Å². The van der Waals surface area contributed by atoms with Crippen LogP contribution < -0.4 is 0 Å². The summed E-state index contributed by atoms with van der Waals surface area (Å²) in [6.07, 6.45) is 3.68. The molecule has 0 aromatic carbocycles. The van der Waals surface area contributed by atoms with Gasteiger partial charge in [0.15, 0.2) is 0 Å². The Bertz CT molecular complexity index is 168. The van der Waals surface area contributed by atoms with Gasteiger partial charge in [0.05, 0.1) is 6.61 Å². The van der Waals surface area contributed by atoms with Crippen molar-refractivity contribution in [2.45, 2.75) is 39.2 Å². The fourth-order valence-electron chi connectivity index (χ4n) is 2.23. The molecule has 1 atom stereocenters. The second-order valence-electron chi connectivity index (χ2n) is 4.77. The van der Waals surface area contributed by atoms with Crippen LogP contribution >= 0.6 is 15.9 Å². The molecule has 1 unspecified atom stereocenters. The molecule has 15 heavy (non-hydrogen) atoms. The van der Waals surface area contributed by atoms with Crippen molar-refractivity contribution in [3.8, 4) is 0 Å². The van der Waals surface area contributed by atoms with Crippen molar-refractivity contribution in [1.82, 2.24) is 4.90 Å². The Hall–Kier alpha value is 0.400. The summed E-state index contributed by atoms with van der Waals surface area (Å²) >= 11 is 3.67. The molecule has 0 radical (unpaired) electrons. The maximum Gasteiger partial charge on any atom is 0.0622 e. The number of hydrogen-bond acceptors (Lipinski definition) is 2. The lowest BCUT2D eigenvalue weighted by molar-refractivity contribution is 0.120. The minimum atomic E-state index is 0.442. The van der Waals surface area contributed by atoms with E-state index in [1.54, 1.807) is 0 Å². The predicted molar refractivity (Wildman–Crippen MR) is 68.7 cm³/mol. The fraction of sp³-hybridized carbons (Fsp3) is 1.00. The molecule has 0 spiro atoms. The minimum absolute atomic E-state index is 0.442. The summed E-state index contributed by atoms with van der Waals surface area (Å²) in [7, 11) is 2.24. The molecule has 90 valence electrons. The Morgan fingerprint density at radius 2 is 2.07 bits per heavy atom. The van der Waals surface area contributed by atoms with E-state index in [1.807, 2.05) is 0 Å². The Morgan fingerprint density at radius 1 is 1.40 bits per heavy atom. The topological polar surface area (TPSA) is 12.5 Å². The molecule has 0 amide bonds. The van der Waals surface area contributed by atoms with Gasteiger partial charge >= 0.3 is 0 Å². The summed E-state index contributed by atoms with van der Waals surface area (Å²) in [4.78, 5) is 2.49. The van der Waals surface area contributed by atoms with Crippen LogP contribution in [-0.4, -0.2) is 43.1 Å². The van der Waals surface area contributed by atoms with E-state index in [4.69, 9.17) is 4.74 Å². The van der Waals surface area contributed by atoms with Crippen LogP contribution in [0.5, 0.6) is 0 Å². The molecule has 1 saturated heterocycles. The average molecular weight is 278 g/mol. The number of alkyl halides is 1. The molecule has 1 aliphatic rings. The smallest absolute Gasteiger partial charge is 0.0622 e. The van der Waals surface area contributed by atoms with Gasteiger partial charge in [0.1, 0.15) is 0 Å². The zero-order chi connectivity index (χ0) is 11.3. The highest BCUT2D eigenvalue weighted by Crippen LogP contribution is 2.30. The van der Waals surface area contributed by atoms with Crippen molar-refractivity contribution in [3.63, 3.8) is 0 Å². The number of likely N-dealkylation sites (N-methyl/N-ethyl adjacent to an activating group) is 1. The van der Waals surface area contributed by atoms with Crippen molar-refractivity contribution >= 4 is 15.9 Å². The first-order valence-electron chi connectivity index (χ1n) is 6.01. The SMILES string of the molecule is CCC(CC)(CBr)CN(C)C1CCOC1. The maximum absolute atomic E-state index is 5.44. The van der Waals surface area contributed by atoms with Crippen molar-refractivity contribution < 1.29 is 4.74 Å². The van der Waals surface area contributed by atoms with E-state index in [2.05, 4.69) is 41.7 Å². The van der Waals surface area contributed by atoms with Crippen LogP contribution in [0, 0.1) is 5.41 Å². The monoisotopic (exact) mass is 277 g/mol. The third kappa shape index (κ3) is 3.43. The summed E-state index contributed by atoms with van der Waals surface area (Å²) in [5, 5.41) is 1.10. The van der Waals surface area contributed by atoms with Crippen LogP contribution in [0.1, 0.15) is 33.1 Å². The third-order valence-electron chi connectivity index (χ3n) is 3.90. The Labute approximate surface area is 102 Å². The fourth-order valence-corrected chi connectivity index (χ4v) is 3.20. The highest BCUT2D eigenvalue weighted by molar-refractivity contribution is 9.09. The average Bonchev–Trinajstić information content (AvgIpc) is 2.79. The van der Waals surface area contributed by atoms with E-state index >= 15 is 0 Å². The van der Waals surface area contributed by atoms with Crippen molar-refractivity contribution in [2.75, 3.05) is 32.1 Å². The van der Waals surface area contributed by atoms with Crippen LogP contribution in [0.25, 0.3) is 0 Å². The molecule has 1 aliphatic heterocycles. The summed E-state index contributed by atoms with van der Waals surface area (Å²) in [6.45, 7) is 7.63. The lowest BCUT2D eigenvalue weighted by Crippen LogP contribution is -2.42. The molecular weight excluding hydrogens is 254 g/mol. The van der Waals surface area contributed by atoms with Gasteiger partial charge < -0.3 is 9.64 Å². The standard InChI is InChI=1S/C12H24BrNO/c1-4-12(5-2,9-13)10-14(3)11-6-7-15-8-11/h11H,4-10H2,1-3H3. The normalized spacial score (nSPS) is 22.6. The lowest BCUT2D eigenvalue weighted by atomic mass is 9.84. The first-order valence-corrected chi connectivity index (χ1v) is 7.13. The van der Waals surface area contributed by atoms with Gasteiger partial charge in [0.2, 0.25) is 0 Å². The molecule has 0 aliphatic carbocycles. The molecule has 0 bridgehead atoms. The van der Waals surface area contributed by atoms with E-state index in [1.165, 1.54) is 25.8 Å². The molecule has 2 nitrogen and oxygen atoms in total. The van der Waals surface area contributed by atoms with E-state index < -0.39 is 0 Å². The summed E-state index contributed by atoms with van der Waals surface area (Å²) < 4.78 is 5.44. The van der Waals surface area contributed by atoms with Gasteiger partial charge in [-0.15, -0.1) is 0 Å². The van der Waals surface area contributed by atoms with Gasteiger partial charge in [-0.05, 0) is 31.7 Å². The Morgan fingerprint density at radius 3 is 2.47 bits per heavy atom. The third-order valence-corrected chi connectivity index (χ3v) is 5.09. The van der Waals surface area contributed by atoms with E-state index in [0.717, 1.165) is 18.5 Å². The number of nitrogens with zero attached hydrogens (tertiary/aromatic N) is 1. The largest absolute Gasteiger partial charge is 0.380 e. The van der Waals surface area contributed by atoms with E-state index in [-0.39, 0.29) is 0 Å². The van der Waals surface area contributed by atoms with Gasteiger partial charge in [-0.25, -0.2) is 0 Å². The molecule has 0 aromatic heterocycles. The highest BCUT2D eigenvalue weighted by Gasteiger charge is 2.30. The van der Waals surface area contributed by atoms with Gasteiger partial charge in [-0.2, -0.15) is 0 Å². The molecule has 3 heteroatoms. The van der Waals surface area contributed by atoms with Gasteiger partial charge in [0, 0.05) is 24.5 Å². The molecule has 1 heterocycles. The Kier molecular flexibility index (Phi) is 5.58. The Balaban J connectivity index is 2.49. The number of ether oxygens (including phenoxy) is 1. The molecule has 0 N–H and O–H groups in total. The van der Waals surface area contributed by atoms with Crippen molar-refractivity contribution in [3.05, 3.63) is 0 Å². The summed E-state index contributed by atoms with van der Waals surface area (Å²) in [5.74, 6) is 0. The first-order chi connectivity index (χ1) is 7.17. The molecule has 0 saturated carbocycles. The minimum Gasteiger partial charge on any atom is -0.380 e. The molecule has 1 fully saturated rings. The van der Waals surface area contributed by atoms with Crippen molar-refractivity contribution in [1.29, 1.82) is 0 Å². The van der Waals surface area contributed by atoms with Crippen LogP contribution in [0.2, 0.25) is 0 Å². The lowest BCUT2D eigenvalue weighted by Gasteiger charge is -2.36. The zero-order valence-electron chi connectivity index (χ0n) is 10.3. The maximum atomic E-state index is 5.44. The summed E-state index contributed by atoms with van der Waals surface area (Å²) in [5.41, 5.74) is 0.442. The van der Waals surface area contributed by atoms with Crippen LogP contribution in [-0.2, 0) is 4.74 Å². The first kappa shape index (κ1) is 13.5. The molecule has 1 rings (SSSR count). The second-order valence-corrected chi connectivity index (χ2v) is 5.33. The number of hydrogen-bond donors (Lipinski definition) is 0. The van der Waals surface area contributed by atoms with Crippen LogP contribution in [0.4, 0.5) is 0 Å². The molecule has 0 aromatic rings. The summed E-state index contributed by atoms with van der Waals surface area (Å²) in [6, 6.07) is 0.640. The zero-order valence-corrected chi connectivity index (χ0v) is 11.8. The predicted octanol–water partition coefficient (Wildman–Crippen LogP) is 2.91.